The SMILES string of the molecule is Cc1cc(Cl)cc(C(C)(C)C(=O)N(C)[C@@H]2CN(C(=O)N3CCOCC3)C[C@H]2c2ccc(F)cc2)c1. The number of likely N-dealkylation sites (N-methyl/N-ethyl adjacent to an activating group) is 1. The Morgan fingerprint density at radius 3 is 2.34 bits per heavy atom. The molecule has 2 aliphatic rings. The zero-order valence-corrected chi connectivity index (χ0v) is 21.5. The van der Waals surface area contributed by atoms with Crippen molar-refractivity contribution in [1.82, 2.24) is 14.7 Å². The van der Waals surface area contributed by atoms with Gasteiger partial charge in [-0.3, -0.25) is 4.79 Å². The van der Waals surface area contributed by atoms with Crippen LogP contribution >= 0.6 is 11.6 Å². The van der Waals surface area contributed by atoms with Crippen molar-refractivity contribution in [3.8, 4) is 0 Å². The molecule has 0 radical (unpaired) electrons. The molecular weight excluding hydrogens is 469 g/mol. The first-order valence-corrected chi connectivity index (χ1v) is 12.4. The maximum Gasteiger partial charge on any atom is 0.320 e. The number of amides is 3. The fourth-order valence-corrected chi connectivity index (χ4v) is 5.43. The lowest BCUT2D eigenvalue weighted by Crippen LogP contribution is -2.50. The number of likely N-dealkylation sites (tertiary alicyclic amines) is 1. The number of carbonyl (C=O) groups is 2. The minimum Gasteiger partial charge on any atom is -0.378 e. The number of morpholine rings is 1. The van der Waals surface area contributed by atoms with Crippen molar-refractivity contribution < 1.29 is 18.7 Å². The van der Waals surface area contributed by atoms with Gasteiger partial charge in [0.15, 0.2) is 0 Å². The second-order valence-electron chi connectivity index (χ2n) is 10.1. The van der Waals surface area contributed by atoms with Gasteiger partial charge in [-0.25, -0.2) is 9.18 Å². The summed E-state index contributed by atoms with van der Waals surface area (Å²) < 4.78 is 19.0. The lowest BCUT2D eigenvalue weighted by atomic mass is 9.81. The zero-order valence-electron chi connectivity index (χ0n) is 20.8. The number of aryl methyl sites for hydroxylation is 1. The van der Waals surface area contributed by atoms with Gasteiger partial charge >= 0.3 is 6.03 Å². The van der Waals surface area contributed by atoms with E-state index in [1.807, 2.05) is 43.9 Å². The minimum absolute atomic E-state index is 0.0477. The molecule has 3 amide bonds. The summed E-state index contributed by atoms with van der Waals surface area (Å²) >= 11 is 6.30. The summed E-state index contributed by atoms with van der Waals surface area (Å²) in [7, 11) is 1.80. The Morgan fingerprint density at radius 1 is 1.06 bits per heavy atom. The molecule has 0 unspecified atom stereocenters. The molecule has 188 valence electrons. The van der Waals surface area contributed by atoms with Crippen molar-refractivity contribution in [2.24, 2.45) is 0 Å². The van der Waals surface area contributed by atoms with E-state index in [4.69, 9.17) is 16.3 Å². The number of hydrogen-bond donors (Lipinski definition) is 0. The van der Waals surface area contributed by atoms with Crippen LogP contribution in [0.15, 0.2) is 42.5 Å². The van der Waals surface area contributed by atoms with Crippen LogP contribution in [0, 0.1) is 12.7 Å². The number of rotatable bonds is 4. The Labute approximate surface area is 211 Å². The molecule has 4 rings (SSSR count). The lowest BCUT2D eigenvalue weighted by molar-refractivity contribution is -0.137. The van der Waals surface area contributed by atoms with Crippen molar-refractivity contribution in [3.63, 3.8) is 0 Å². The largest absolute Gasteiger partial charge is 0.378 e. The van der Waals surface area contributed by atoms with Crippen LogP contribution in [0.1, 0.15) is 36.5 Å². The van der Waals surface area contributed by atoms with Crippen LogP contribution in [0.25, 0.3) is 0 Å². The maximum absolute atomic E-state index is 13.9. The molecule has 8 heteroatoms. The molecule has 0 aliphatic carbocycles. The lowest BCUT2D eigenvalue weighted by Gasteiger charge is -2.36. The molecule has 2 aromatic rings. The summed E-state index contributed by atoms with van der Waals surface area (Å²) in [5.74, 6) is -0.505. The second-order valence-corrected chi connectivity index (χ2v) is 10.5. The van der Waals surface area contributed by atoms with Crippen LogP contribution in [0.2, 0.25) is 5.02 Å². The number of ether oxygens (including phenoxy) is 1. The first-order valence-electron chi connectivity index (χ1n) is 12.0. The summed E-state index contributed by atoms with van der Waals surface area (Å²) in [5.41, 5.74) is 1.92. The Bertz CT molecular complexity index is 1070. The molecule has 0 saturated carbocycles. The number of hydrogen-bond acceptors (Lipinski definition) is 3. The van der Waals surface area contributed by atoms with Crippen LogP contribution in [0.5, 0.6) is 0 Å². The van der Waals surface area contributed by atoms with Gasteiger partial charge in [0.1, 0.15) is 5.82 Å². The molecule has 2 heterocycles. The van der Waals surface area contributed by atoms with E-state index in [0.717, 1.165) is 16.7 Å². The van der Waals surface area contributed by atoms with Gasteiger partial charge in [0.25, 0.3) is 0 Å². The molecule has 2 atom stereocenters. The van der Waals surface area contributed by atoms with Crippen LogP contribution < -0.4 is 0 Å². The third-order valence-corrected chi connectivity index (χ3v) is 7.47. The smallest absolute Gasteiger partial charge is 0.320 e. The highest BCUT2D eigenvalue weighted by molar-refractivity contribution is 6.30. The Balaban J connectivity index is 1.62. The fraction of sp³-hybridized carbons (Fsp3) is 0.481. The molecule has 2 fully saturated rings. The van der Waals surface area contributed by atoms with Crippen LogP contribution in [0.3, 0.4) is 0 Å². The van der Waals surface area contributed by atoms with Gasteiger partial charge in [0.05, 0.1) is 24.7 Å². The Kier molecular flexibility index (Phi) is 7.38. The van der Waals surface area contributed by atoms with Gasteiger partial charge in [-0.1, -0.05) is 29.8 Å². The molecule has 0 N–H and O–H groups in total. The third kappa shape index (κ3) is 5.31. The Hall–Kier alpha value is -2.64. The average Bonchev–Trinajstić information content (AvgIpc) is 3.28. The normalized spacial score (nSPS) is 20.7. The van der Waals surface area contributed by atoms with Crippen LogP contribution in [0.4, 0.5) is 9.18 Å². The molecule has 0 aromatic heterocycles. The van der Waals surface area contributed by atoms with Crippen molar-refractivity contribution in [1.29, 1.82) is 0 Å². The number of urea groups is 1. The summed E-state index contributed by atoms with van der Waals surface area (Å²) in [4.78, 5) is 32.5. The predicted octanol–water partition coefficient (Wildman–Crippen LogP) is 4.44. The van der Waals surface area contributed by atoms with Gasteiger partial charge in [-0.15, -0.1) is 0 Å². The highest BCUT2D eigenvalue weighted by Crippen LogP contribution is 2.35. The first kappa shape index (κ1) is 25.5. The highest BCUT2D eigenvalue weighted by atomic mass is 35.5. The van der Waals surface area contributed by atoms with Gasteiger partial charge in [0.2, 0.25) is 5.91 Å². The highest BCUT2D eigenvalue weighted by Gasteiger charge is 2.44. The van der Waals surface area contributed by atoms with E-state index in [2.05, 4.69) is 0 Å². The first-order chi connectivity index (χ1) is 16.6. The minimum atomic E-state index is -0.820. The van der Waals surface area contributed by atoms with Crippen molar-refractivity contribution in [2.75, 3.05) is 46.4 Å². The molecule has 6 nitrogen and oxygen atoms in total. The maximum atomic E-state index is 13.9. The summed E-state index contributed by atoms with van der Waals surface area (Å²) in [6, 6.07) is 11.7. The topological polar surface area (TPSA) is 53.1 Å². The standard InChI is InChI=1S/C27H33ClFN3O3/c1-18-13-20(15-21(28)14-18)27(2,3)25(33)30(4)24-17-32(26(34)31-9-11-35-12-10-31)16-23(24)19-5-7-22(29)8-6-19/h5-8,13-15,23-24H,9-12,16-17H2,1-4H3/t23-,24+/m0/s1. The predicted molar refractivity (Wildman–Crippen MR) is 134 cm³/mol. The molecule has 2 aromatic carbocycles. The van der Waals surface area contributed by atoms with E-state index < -0.39 is 5.41 Å². The quantitative estimate of drug-likeness (QED) is 0.622. The van der Waals surface area contributed by atoms with Gasteiger partial charge in [-0.2, -0.15) is 0 Å². The molecule has 35 heavy (non-hydrogen) atoms. The van der Waals surface area contributed by atoms with E-state index in [-0.39, 0.29) is 29.7 Å². The van der Waals surface area contributed by atoms with E-state index in [9.17, 15) is 14.0 Å². The van der Waals surface area contributed by atoms with E-state index in [0.29, 0.717) is 44.4 Å². The van der Waals surface area contributed by atoms with E-state index >= 15 is 0 Å². The number of halogens is 2. The summed E-state index contributed by atoms with van der Waals surface area (Å²) in [6.45, 7) is 8.77. The average molecular weight is 502 g/mol. The van der Waals surface area contributed by atoms with Crippen molar-refractivity contribution in [2.45, 2.75) is 38.1 Å². The van der Waals surface area contributed by atoms with Crippen molar-refractivity contribution >= 4 is 23.5 Å². The number of carbonyl (C=O) groups excluding carboxylic acids is 2. The molecular formula is C27H33ClFN3O3. The van der Waals surface area contributed by atoms with E-state index in [1.165, 1.54) is 12.1 Å². The van der Waals surface area contributed by atoms with Gasteiger partial charge in [0, 0.05) is 44.2 Å². The van der Waals surface area contributed by atoms with Gasteiger partial charge in [-0.05, 0) is 61.7 Å². The number of benzene rings is 2. The fourth-order valence-electron chi connectivity index (χ4n) is 5.14. The summed E-state index contributed by atoms with van der Waals surface area (Å²) in [6.07, 6.45) is 0. The molecule has 2 aliphatic heterocycles. The molecule has 0 spiro atoms. The zero-order chi connectivity index (χ0) is 25.3. The van der Waals surface area contributed by atoms with Crippen LogP contribution in [-0.4, -0.2) is 79.1 Å². The van der Waals surface area contributed by atoms with Crippen molar-refractivity contribution in [3.05, 3.63) is 70.0 Å². The van der Waals surface area contributed by atoms with Gasteiger partial charge < -0.3 is 19.4 Å². The Morgan fingerprint density at radius 2 is 1.71 bits per heavy atom. The molecule has 0 bridgehead atoms. The third-order valence-electron chi connectivity index (χ3n) is 7.26. The van der Waals surface area contributed by atoms with Crippen LogP contribution in [-0.2, 0) is 14.9 Å². The summed E-state index contributed by atoms with van der Waals surface area (Å²) in [5, 5.41) is 0.593. The monoisotopic (exact) mass is 501 g/mol. The second kappa shape index (κ2) is 10.2. The van der Waals surface area contributed by atoms with E-state index in [1.54, 1.807) is 29.0 Å². The molecule has 2 saturated heterocycles. The number of nitrogens with zero attached hydrogens (tertiary/aromatic N) is 3.